The summed E-state index contributed by atoms with van der Waals surface area (Å²) in [5, 5.41) is 3.78. The van der Waals surface area contributed by atoms with Crippen LogP contribution in [0.4, 0.5) is 0 Å². The summed E-state index contributed by atoms with van der Waals surface area (Å²) in [7, 11) is -1.93. The molecule has 1 saturated heterocycles. The van der Waals surface area contributed by atoms with Crippen LogP contribution in [0, 0.1) is 13.8 Å². The van der Waals surface area contributed by atoms with Crippen LogP contribution in [0.3, 0.4) is 0 Å². The summed E-state index contributed by atoms with van der Waals surface area (Å²) >= 11 is -3.05. The summed E-state index contributed by atoms with van der Waals surface area (Å²) < 4.78 is 6.98. The van der Waals surface area contributed by atoms with E-state index in [0.29, 0.717) is 7.35 Å². The van der Waals surface area contributed by atoms with Crippen molar-refractivity contribution in [2.45, 2.75) is 75.8 Å². The topological polar surface area (TPSA) is 0 Å². The molecule has 218 valence electrons. The molecule has 4 aromatic carbocycles. The minimum absolute atomic E-state index is 0.685. The molecule has 2 aliphatic carbocycles. The van der Waals surface area contributed by atoms with E-state index in [2.05, 4.69) is 134 Å². The van der Waals surface area contributed by atoms with E-state index in [9.17, 15) is 0 Å². The van der Waals surface area contributed by atoms with Crippen molar-refractivity contribution in [3.8, 4) is 22.3 Å². The summed E-state index contributed by atoms with van der Waals surface area (Å²) in [6.45, 7) is 9.67. The van der Waals surface area contributed by atoms with Crippen molar-refractivity contribution in [1.82, 2.24) is 0 Å². The van der Waals surface area contributed by atoms with Gasteiger partial charge in [-0.15, -0.1) is 0 Å². The van der Waals surface area contributed by atoms with Crippen LogP contribution in [0.5, 0.6) is 0 Å². The maximum absolute atomic E-state index is 3.05. The van der Waals surface area contributed by atoms with Crippen LogP contribution >= 0.6 is 0 Å². The van der Waals surface area contributed by atoms with Crippen LogP contribution in [-0.4, -0.2) is 8.07 Å². The number of benzene rings is 4. The third-order valence-corrected chi connectivity index (χ3v) is 33.3. The SMILES string of the molecule is CCCCCC[Si]1(C)C2=Cc3c(-c4ccccc4C)cccc3[CH]2[Hf]([CH3])([CH3])[CH]2C1=Cc1c(-c3ccccc3C)cccc12. The summed E-state index contributed by atoms with van der Waals surface area (Å²) in [6, 6.07) is 34.0. The zero-order valence-corrected chi connectivity index (χ0v) is 31.5. The average Bonchev–Trinajstić information content (AvgIpc) is 3.61. The molecule has 0 amide bonds. The second-order valence-electron chi connectivity index (χ2n) is 14.3. The summed E-state index contributed by atoms with van der Waals surface area (Å²) in [5.41, 5.74) is 14.9. The van der Waals surface area contributed by atoms with Crippen LogP contribution < -0.4 is 0 Å². The number of hydrogen-bond acceptors (Lipinski definition) is 0. The number of aryl methyl sites for hydroxylation is 2. The van der Waals surface area contributed by atoms with Crippen molar-refractivity contribution in [3.63, 3.8) is 0 Å². The Morgan fingerprint density at radius 3 is 1.51 bits per heavy atom. The van der Waals surface area contributed by atoms with Gasteiger partial charge in [-0.2, -0.15) is 0 Å². The van der Waals surface area contributed by atoms with Crippen molar-refractivity contribution in [2.24, 2.45) is 0 Å². The predicted octanol–water partition coefficient (Wildman–Crippen LogP) is 12.2. The van der Waals surface area contributed by atoms with E-state index in [4.69, 9.17) is 0 Å². The molecule has 0 radical (unpaired) electrons. The molecule has 2 heteroatoms. The molecule has 7 rings (SSSR count). The molecule has 0 spiro atoms. The van der Waals surface area contributed by atoms with Crippen LogP contribution in [-0.2, 0) is 20.0 Å². The van der Waals surface area contributed by atoms with Crippen molar-refractivity contribution in [1.29, 1.82) is 0 Å². The van der Waals surface area contributed by atoms with Crippen molar-refractivity contribution in [3.05, 3.63) is 129 Å². The molecule has 4 aromatic rings. The first-order valence-electron chi connectivity index (χ1n) is 16.6. The Bertz CT molecular complexity index is 1670. The van der Waals surface area contributed by atoms with Gasteiger partial charge in [0.05, 0.1) is 0 Å². The molecule has 2 unspecified atom stereocenters. The van der Waals surface area contributed by atoms with Crippen LogP contribution in [0.25, 0.3) is 34.4 Å². The van der Waals surface area contributed by atoms with E-state index in [1.54, 1.807) is 22.3 Å². The fourth-order valence-corrected chi connectivity index (χ4v) is 41.6. The summed E-state index contributed by atoms with van der Waals surface area (Å²) in [4.78, 5) is 0. The number of hydrogen-bond donors (Lipinski definition) is 0. The molecular formula is C41H46HfSi. The first-order valence-corrected chi connectivity index (χ1v) is 30.6. The van der Waals surface area contributed by atoms with Gasteiger partial charge in [0.1, 0.15) is 0 Å². The van der Waals surface area contributed by atoms with Crippen LogP contribution in [0.1, 0.15) is 73.3 Å². The van der Waals surface area contributed by atoms with Crippen molar-refractivity contribution < 1.29 is 20.0 Å². The molecule has 43 heavy (non-hydrogen) atoms. The molecular weight excluding hydrogens is 699 g/mol. The van der Waals surface area contributed by atoms with E-state index in [1.807, 2.05) is 10.4 Å². The molecule has 0 aromatic heterocycles. The Morgan fingerprint density at radius 2 is 1.05 bits per heavy atom. The van der Waals surface area contributed by atoms with E-state index < -0.39 is 28.0 Å². The molecule has 0 N–H and O–H groups in total. The third-order valence-electron chi connectivity index (χ3n) is 11.3. The van der Waals surface area contributed by atoms with Gasteiger partial charge in [0.2, 0.25) is 0 Å². The minimum atomic E-state index is -3.05. The summed E-state index contributed by atoms with van der Waals surface area (Å²) in [5.74, 6) is 0. The molecule has 0 nitrogen and oxygen atoms in total. The Kier molecular flexibility index (Phi) is 7.54. The fraction of sp³-hybridized carbons (Fsp3) is 0.317. The van der Waals surface area contributed by atoms with E-state index in [1.165, 1.54) is 65.1 Å². The van der Waals surface area contributed by atoms with Crippen LogP contribution in [0.2, 0.25) is 22.0 Å². The molecule has 0 saturated carbocycles. The second kappa shape index (κ2) is 11.1. The van der Waals surface area contributed by atoms with Gasteiger partial charge in [0.15, 0.2) is 0 Å². The summed E-state index contributed by atoms with van der Waals surface area (Å²) in [6.07, 6.45) is 10.9. The third kappa shape index (κ3) is 4.53. The normalized spacial score (nSPS) is 22.7. The van der Waals surface area contributed by atoms with Gasteiger partial charge in [-0.1, -0.05) is 0 Å². The van der Waals surface area contributed by atoms with Gasteiger partial charge in [0.25, 0.3) is 0 Å². The Labute approximate surface area is 265 Å². The molecule has 2 atom stereocenters. The van der Waals surface area contributed by atoms with Gasteiger partial charge < -0.3 is 0 Å². The predicted molar refractivity (Wildman–Crippen MR) is 187 cm³/mol. The Balaban J connectivity index is 1.45. The molecule has 0 bridgehead atoms. The van der Waals surface area contributed by atoms with Gasteiger partial charge in [0, 0.05) is 0 Å². The van der Waals surface area contributed by atoms with Crippen LogP contribution in [0.15, 0.2) is 95.3 Å². The number of rotatable bonds is 7. The monoisotopic (exact) mass is 746 g/mol. The molecule has 1 fully saturated rings. The van der Waals surface area contributed by atoms with Gasteiger partial charge >= 0.3 is 267 Å². The van der Waals surface area contributed by atoms with E-state index >= 15 is 0 Å². The molecule has 1 aliphatic heterocycles. The van der Waals surface area contributed by atoms with Gasteiger partial charge in [-0.3, -0.25) is 0 Å². The Morgan fingerprint density at radius 1 is 0.581 bits per heavy atom. The van der Waals surface area contributed by atoms with E-state index in [0.717, 1.165) is 0 Å². The number of unbranched alkanes of at least 4 members (excludes halogenated alkanes) is 3. The van der Waals surface area contributed by atoms with Crippen molar-refractivity contribution in [2.75, 3.05) is 0 Å². The molecule has 3 aliphatic rings. The van der Waals surface area contributed by atoms with Crippen molar-refractivity contribution >= 4 is 20.2 Å². The average molecular weight is 745 g/mol. The fourth-order valence-electron chi connectivity index (χ4n) is 9.11. The van der Waals surface area contributed by atoms with Gasteiger partial charge in [-0.05, 0) is 0 Å². The standard InChI is InChI=1S/C39H40Si.2CH3.Hf/c1-5-6-7-12-23-40(4,32-24-30-17-13-21-36(38(30)26-32)34-19-10-8-15-28(34)2)33-25-31-18-14-22-37(39(31)27-33)35-20-11-9-16-29(35)3;;;/h8-11,13-22,24-27H,5-7,12,23H2,1-4H3;2*1H3;. The number of allylic oxidation sites excluding steroid dienone is 2. The number of fused-ring (bicyclic) bond motifs is 6. The van der Waals surface area contributed by atoms with Gasteiger partial charge in [-0.25, -0.2) is 0 Å². The quantitative estimate of drug-likeness (QED) is 0.131. The zero-order valence-electron chi connectivity index (χ0n) is 26.9. The second-order valence-corrected chi connectivity index (χ2v) is 35.8. The van der Waals surface area contributed by atoms with E-state index in [-0.39, 0.29) is 0 Å². The zero-order chi connectivity index (χ0) is 29.9. The first kappa shape index (κ1) is 29.2. The maximum atomic E-state index is 2.81. The Hall–Kier alpha value is -2.55. The molecule has 1 heterocycles. The first-order chi connectivity index (χ1) is 20.8.